The Morgan fingerprint density at radius 1 is 1.50 bits per heavy atom. The summed E-state index contributed by atoms with van der Waals surface area (Å²) in [6, 6.07) is 1.11. The molecule has 1 heterocycles. The molecule has 0 amide bonds. The summed E-state index contributed by atoms with van der Waals surface area (Å²) >= 11 is 0. The lowest BCUT2D eigenvalue weighted by Crippen LogP contribution is -2.09. The van der Waals surface area contributed by atoms with Crippen molar-refractivity contribution in [3.8, 4) is 0 Å². The number of hydrogen-bond acceptors (Lipinski definition) is 4. The zero-order chi connectivity index (χ0) is 12.0. The predicted octanol–water partition coefficient (Wildman–Crippen LogP) is 1.10. The van der Waals surface area contributed by atoms with Gasteiger partial charge in [-0.25, -0.2) is 14.2 Å². The maximum atomic E-state index is 13.5. The highest BCUT2D eigenvalue weighted by molar-refractivity contribution is 5.88. The molecule has 6 heteroatoms. The molecule has 0 spiro atoms. The number of unbranched alkanes of at least 4 members (excludes halogenated alkanes) is 1. The van der Waals surface area contributed by atoms with Gasteiger partial charge in [-0.2, -0.15) is 0 Å². The third-order valence-electron chi connectivity index (χ3n) is 2.00. The van der Waals surface area contributed by atoms with Crippen molar-refractivity contribution in [3.05, 3.63) is 23.6 Å². The smallest absolute Gasteiger partial charge is 0.338 e. The number of hydrogen-bond donors (Lipinski definition) is 3. The van der Waals surface area contributed by atoms with Crippen LogP contribution >= 0.6 is 0 Å². The lowest BCUT2D eigenvalue weighted by molar-refractivity contribution is 0.0692. The maximum Gasteiger partial charge on any atom is 0.338 e. The van der Waals surface area contributed by atoms with Crippen molar-refractivity contribution in [1.29, 1.82) is 0 Å². The second-order valence-electron chi connectivity index (χ2n) is 3.18. The van der Waals surface area contributed by atoms with E-state index in [1.54, 1.807) is 0 Å². The zero-order valence-electron chi connectivity index (χ0n) is 8.61. The van der Waals surface area contributed by atoms with Crippen molar-refractivity contribution in [2.24, 2.45) is 0 Å². The monoisotopic (exact) mass is 228 g/mol. The van der Waals surface area contributed by atoms with E-state index in [0.717, 1.165) is 6.07 Å². The number of carboxylic acid groups (broad SMARTS) is 1. The Morgan fingerprint density at radius 3 is 2.88 bits per heavy atom. The van der Waals surface area contributed by atoms with E-state index >= 15 is 0 Å². The minimum Gasteiger partial charge on any atom is -0.478 e. The molecule has 1 rings (SSSR count). The summed E-state index contributed by atoms with van der Waals surface area (Å²) in [5.74, 6) is -2.25. The first kappa shape index (κ1) is 12.4. The van der Waals surface area contributed by atoms with Crippen LogP contribution in [0, 0.1) is 5.82 Å². The molecule has 16 heavy (non-hydrogen) atoms. The molecule has 5 nitrogen and oxygen atoms in total. The molecule has 88 valence electrons. The van der Waals surface area contributed by atoms with Crippen LogP contribution in [0.1, 0.15) is 23.2 Å². The quantitative estimate of drug-likeness (QED) is 0.635. The molecule has 3 N–H and O–H groups in total. The molecule has 0 saturated carbocycles. The number of aromatic nitrogens is 1. The number of carbonyl (C=O) groups is 1. The maximum absolute atomic E-state index is 13.5. The SMILES string of the molecule is O=C(O)c1ccnc(NCCCCO)c1F. The molecule has 0 aliphatic rings. The number of aliphatic hydroxyl groups excluding tert-OH is 1. The first-order valence-corrected chi connectivity index (χ1v) is 4.89. The Bertz CT molecular complexity index is 371. The van der Waals surface area contributed by atoms with E-state index in [2.05, 4.69) is 10.3 Å². The van der Waals surface area contributed by atoms with Gasteiger partial charge in [0.2, 0.25) is 0 Å². The molecule has 0 radical (unpaired) electrons. The average molecular weight is 228 g/mol. The zero-order valence-corrected chi connectivity index (χ0v) is 8.61. The molecular weight excluding hydrogens is 215 g/mol. The van der Waals surface area contributed by atoms with E-state index in [9.17, 15) is 9.18 Å². The van der Waals surface area contributed by atoms with Crippen LogP contribution < -0.4 is 5.32 Å². The van der Waals surface area contributed by atoms with E-state index in [-0.39, 0.29) is 12.4 Å². The number of carboxylic acids is 1. The van der Waals surface area contributed by atoms with Gasteiger partial charge in [0.15, 0.2) is 11.6 Å². The van der Waals surface area contributed by atoms with Crippen molar-refractivity contribution in [3.63, 3.8) is 0 Å². The fraction of sp³-hybridized carbons (Fsp3) is 0.400. The van der Waals surface area contributed by atoms with Gasteiger partial charge < -0.3 is 15.5 Å². The van der Waals surface area contributed by atoms with Crippen molar-refractivity contribution < 1.29 is 19.4 Å². The fourth-order valence-electron chi connectivity index (χ4n) is 1.18. The van der Waals surface area contributed by atoms with Gasteiger partial charge in [-0.15, -0.1) is 0 Å². The summed E-state index contributed by atoms with van der Waals surface area (Å²) in [7, 11) is 0. The molecule has 0 aromatic carbocycles. The van der Waals surface area contributed by atoms with Crippen molar-refractivity contribution in [2.75, 3.05) is 18.5 Å². The van der Waals surface area contributed by atoms with Crippen LogP contribution in [0.15, 0.2) is 12.3 Å². The standard InChI is InChI=1S/C10H13FN2O3/c11-8-7(10(15)16)3-5-13-9(8)12-4-1-2-6-14/h3,5,14H,1-2,4,6H2,(H,12,13)(H,15,16). The summed E-state index contributed by atoms with van der Waals surface area (Å²) in [6.45, 7) is 0.514. The van der Waals surface area contributed by atoms with Crippen LogP contribution in [0.25, 0.3) is 0 Å². The van der Waals surface area contributed by atoms with Gasteiger partial charge in [0.25, 0.3) is 0 Å². The summed E-state index contributed by atoms with van der Waals surface area (Å²) in [4.78, 5) is 14.3. The minimum atomic E-state index is -1.32. The van der Waals surface area contributed by atoms with Gasteiger partial charge in [0.1, 0.15) is 5.56 Å². The van der Waals surface area contributed by atoms with E-state index in [1.165, 1.54) is 6.20 Å². The van der Waals surface area contributed by atoms with Crippen LogP contribution in [-0.2, 0) is 0 Å². The van der Waals surface area contributed by atoms with E-state index in [0.29, 0.717) is 19.4 Å². The molecule has 0 atom stereocenters. The second-order valence-corrected chi connectivity index (χ2v) is 3.18. The van der Waals surface area contributed by atoms with Crippen molar-refractivity contribution >= 4 is 11.8 Å². The second kappa shape index (κ2) is 6.02. The van der Waals surface area contributed by atoms with Gasteiger partial charge in [-0.3, -0.25) is 0 Å². The van der Waals surface area contributed by atoms with Gasteiger partial charge >= 0.3 is 5.97 Å². The lowest BCUT2D eigenvalue weighted by Gasteiger charge is -2.07. The molecule has 0 saturated heterocycles. The number of nitrogens with one attached hydrogen (secondary N) is 1. The number of aromatic carboxylic acids is 1. The van der Waals surface area contributed by atoms with Gasteiger partial charge in [-0.1, -0.05) is 0 Å². The van der Waals surface area contributed by atoms with Crippen LogP contribution in [0.2, 0.25) is 0 Å². The molecule has 0 aliphatic carbocycles. The fourth-order valence-corrected chi connectivity index (χ4v) is 1.18. The normalized spacial score (nSPS) is 10.1. The van der Waals surface area contributed by atoms with Crippen molar-refractivity contribution in [2.45, 2.75) is 12.8 Å². The Labute approximate surface area is 91.9 Å². The summed E-state index contributed by atoms with van der Waals surface area (Å²) in [6.07, 6.45) is 2.50. The molecule has 0 aliphatic heterocycles. The van der Waals surface area contributed by atoms with Crippen LogP contribution in [0.4, 0.5) is 10.2 Å². The Morgan fingerprint density at radius 2 is 2.25 bits per heavy atom. The Kier molecular flexibility index (Phi) is 4.65. The van der Waals surface area contributed by atoms with Crippen LogP contribution in [-0.4, -0.2) is 34.3 Å². The van der Waals surface area contributed by atoms with Crippen molar-refractivity contribution in [1.82, 2.24) is 4.98 Å². The van der Waals surface area contributed by atoms with Gasteiger partial charge in [-0.05, 0) is 18.9 Å². The highest BCUT2D eigenvalue weighted by atomic mass is 19.1. The number of aliphatic hydroxyl groups is 1. The molecule has 1 aromatic heterocycles. The van der Waals surface area contributed by atoms with Crippen LogP contribution in [0.5, 0.6) is 0 Å². The summed E-state index contributed by atoms with van der Waals surface area (Å²) < 4.78 is 13.5. The number of nitrogens with zero attached hydrogens (tertiary/aromatic N) is 1. The lowest BCUT2D eigenvalue weighted by atomic mass is 10.2. The number of rotatable bonds is 6. The summed E-state index contributed by atoms with van der Waals surface area (Å²) in [5.41, 5.74) is -0.403. The average Bonchev–Trinajstić information content (AvgIpc) is 2.26. The first-order valence-electron chi connectivity index (χ1n) is 4.89. The molecule has 0 fully saturated rings. The molecule has 1 aromatic rings. The Balaban J connectivity index is 2.66. The van der Waals surface area contributed by atoms with Gasteiger partial charge in [0.05, 0.1) is 0 Å². The van der Waals surface area contributed by atoms with E-state index in [1.807, 2.05) is 0 Å². The third-order valence-corrected chi connectivity index (χ3v) is 2.00. The van der Waals surface area contributed by atoms with E-state index < -0.39 is 17.3 Å². The Hall–Kier alpha value is -1.69. The highest BCUT2D eigenvalue weighted by Crippen LogP contribution is 2.14. The third kappa shape index (κ3) is 3.16. The van der Waals surface area contributed by atoms with E-state index in [4.69, 9.17) is 10.2 Å². The molecule has 0 bridgehead atoms. The largest absolute Gasteiger partial charge is 0.478 e. The molecule has 0 unspecified atom stereocenters. The minimum absolute atomic E-state index is 0.0714. The number of halogens is 1. The topological polar surface area (TPSA) is 82.5 Å². The predicted molar refractivity (Wildman–Crippen MR) is 56.0 cm³/mol. The number of anilines is 1. The first-order chi connectivity index (χ1) is 7.66. The van der Waals surface area contributed by atoms with Gasteiger partial charge in [0, 0.05) is 19.3 Å². The number of pyridine rings is 1. The molecular formula is C10H13FN2O3. The summed E-state index contributed by atoms with van der Waals surface area (Å²) in [5, 5.41) is 19.9. The highest BCUT2D eigenvalue weighted by Gasteiger charge is 2.14. The van der Waals surface area contributed by atoms with Crippen LogP contribution in [0.3, 0.4) is 0 Å².